The molecule has 1 aromatic rings. The molecule has 0 heterocycles. The minimum Gasteiger partial charge on any atom is -0.300 e. The van der Waals surface area contributed by atoms with E-state index >= 15 is 0 Å². The van der Waals surface area contributed by atoms with Crippen LogP contribution in [0, 0.1) is 0 Å². The second-order valence-electron chi connectivity index (χ2n) is 4.82. The van der Waals surface area contributed by atoms with Gasteiger partial charge in [-0.1, -0.05) is 50.0 Å². The van der Waals surface area contributed by atoms with Gasteiger partial charge in [0.2, 0.25) is 0 Å². The highest BCUT2D eigenvalue weighted by Gasteiger charge is 2.24. The second kappa shape index (κ2) is 4.58. The van der Waals surface area contributed by atoms with Crippen LogP contribution in [0.5, 0.6) is 0 Å². The highest BCUT2D eigenvalue weighted by molar-refractivity contribution is 7.05. The molecule has 0 bridgehead atoms. The third-order valence-electron chi connectivity index (χ3n) is 2.22. The zero-order chi connectivity index (χ0) is 11.5. The number of hydrogen-bond acceptors (Lipinski definition) is 1. The van der Waals surface area contributed by atoms with Crippen LogP contribution in [0.1, 0.15) is 12.5 Å². The fourth-order valence-electron chi connectivity index (χ4n) is 1.46. The van der Waals surface area contributed by atoms with Gasteiger partial charge in [0.05, 0.1) is 0 Å². The molecule has 15 heavy (non-hydrogen) atoms. The molecule has 1 rings (SSSR count). The third kappa shape index (κ3) is 3.48. The topological polar surface area (TPSA) is 17.1 Å². The lowest BCUT2D eigenvalue weighted by Crippen LogP contribution is -2.33. The van der Waals surface area contributed by atoms with E-state index in [0.29, 0.717) is 5.41 Å². The Bertz CT molecular complexity index is 371. The van der Waals surface area contributed by atoms with Crippen molar-refractivity contribution in [3.8, 4) is 0 Å². The largest absolute Gasteiger partial charge is 0.300 e. The van der Waals surface area contributed by atoms with E-state index in [1.54, 1.807) is 0 Å². The molecule has 0 aliphatic rings. The fraction of sp³-hybridized carbons (Fsp3) is 0.308. The molecule has 80 valence electrons. The first-order valence-electron chi connectivity index (χ1n) is 5.19. The highest BCUT2D eigenvalue weighted by atomic mass is 28.3. The number of carbonyl (C=O) groups excluding carboxylic acids is 1. The van der Waals surface area contributed by atoms with Gasteiger partial charge in [-0.2, -0.15) is 0 Å². The van der Waals surface area contributed by atoms with Crippen molar-refractivity contribution in [3.63, 3.8) is 0 Å². The molecule has 0 N–H and O–H groups in total. The van der Waals surface area contributed by atoms with Gasteiger partial charge < -0.3 is 4.79 Å². The number of rotatable bonds is 3. The van der Waals surface area contributed by atoms with Gasteiger partial charge in [0.1, 0.15) is 13.5 Å². The van der Waals surface area contributed by atoms with Crippen molar-refractivity contribution in [3.05, 3.63) is 41.5 Å². The smallest absolute Gasteiger partial charge is 0.135 e. The van der Waals surface area contributed by atoms with Gasteiger partial charge in [-0.15, -0.1) is 0 Å². The van der Waals surface area contributed by atoms with E-state index in [2.05, 4.69) is 19.6 Å². The van der Waals surface area contributed by atoms with Crippen LogP contribution in [0.2, 0.25) is 19.6 Å². The van der Waals surface area contributed by atoms with E-state index in [0.717, 1.165) is 11.1 Å². The van der Waals surface area contributed by atoms with Gasteiger partial charge in [0.15, 0.2) is 0 Å². The van der Waals surface area contributed by atoms with E-state index in [9.17, 15) is 4.79 Å². The predicted octanol–water partition coefficient (Wildman–Crippen LogP) is 3.54. The summed E-state index contributed by atoms with van der Waals surface area (Å²) in [5, 5.41) is 0.339. The third-order valence-corrected chi connectivity index (χ3v) is 3.98. The van der Waals surface area contributed by atoms with Crippen LogP contribution in [0.4, 0.5) is 0 Å². The quantitative estimate of drug-likeness (QED) is 0.560. The summed E-state index contributed by atoms with van der Waals surface area (Å²) in [4.78, 5) is 12.0. The Hall–Kier alpha value is -1.15. The van der Waals surface area contributed by atoms with Gasteiger partial charge in [0.25, 0.3) is 0 Å². The number of hydrogen-bond donors (Lipinski definition) is 0. The Kier molecular flexibility index (Phi) is 3.64. The maximum atomic E-state index is 12.0. The summed E-state index contributed by atoms with van der Waals surface area (Å²) in [5.74, 6) is 0. The molecular weight excluding hydrogens is 200 g/mol. The number of carbonyl (C=O) groups is 1. The van der Waals surface area contributed by atoms with Crippen molar-refractivity contribution in [1.82, 2.24) is 0 Å². The summed E-state index contributed by atoms with van der Waals surface area (Å²) in [6, 6.07) is 9.98. The van der Waals surface area contributed by atoms with Crippen LogP contribution in [0.25, 0.3) is 6.08 Å². The molecular formula is C13H18OSi. The maximum Gasteiger partial charge on any atom is 0.135 e. The Morgan fingerprint density at radius 2 is 1.67 bits per heavy atom. The summed E-state index contributed by atoms with van der Waals surface area (Å²) in [5.41, 5.74) is 1.97. The van der Waals surface area contributed by atoms with E-state index in [-0.39, 0.29) is 0 Å². The molecule has 1 nitrogen and oxygen atoms in total. The predicted molar refractivity (Wildman–Crippen MR) is 68.4 cm³/mol. The van der Waals surface area contributed by atoms with Crippen LogP contribution in [0.15, 0.2) is 35.9 Å². The van der Waals surface area contributed by atoms with E-state index < -0.39 is 8.07 Å². The standard InChI is InChI=1S/C13H18OSi/c1-11(13(14)15(2,3)4)10-12-8-6-5-7-9-12/h5-10H,1-4H3. The minimum atomic E-state index is -1.68. The first-order chi connectivity index (χ1) is 6.91. The summed E-state index contributed by atoms with van der Waals surface area (Å²) < 4.78 is 0. The Balaban J connectivity index is 2.91. The Morgan fingerprint density at radius 1 is 1.13 bits per heavy atom. The van der Waals surface area contributed by atoms with Gasteiger partial charge in [-0.05, 0) is 24.1 Å². The number of benzene rings is 1. The van der Waals surface area contributed by atoms with Crippen LogP contribution < -0.4 is 0 Å². The van der Waals surface area contributed by atoms with Crippen LogP contribution in [-0.4, -0.2) is 13.5 Å². The van der Waals surface area contributed by atoms with Crippen molar-refractivity contribution in [1.29, 1.82) is 0 Å². The van der Waals surface area contributed by atoms with Crippen molar-refractivity contribution in [2.24, 2.45) is 0 Å². The van der Waals surface area contributed by atoms with E-state index in [4.69, 9.17) is 0 Å². The van der Waals surface area contributed by atoms with E-state index in [1.807, 2.05) is 43.3 Å². The van der Waals surface area contributed by atoms with Gasteiger partial charge in [0, 0.05) is 0 Å². The van der Waals surface area contributed by atoms with Crippen molar-refractivity contribution in [2.45, 2.75) is 26.6 Å². The van der Waals surface area contributed by atoms with Gasteiger partial charge in [-0.3, -0.25) is 0 Å². The highest BCUT2D eigenvalue weighted by Crippen LogP contribution is 2.13. The molecule has 0 radical (unpaired) electrons. The van der Waals surface area contributed by atoms with Gasteiger partial charge >= 0.3 is 0 Å². The molecule has 0 aliphatic carbocycles. The second-order valence-corrected chi connectivity index (χ2v) is 9.77. The Labute approximate surface area is 92.8 Å². The monoisotopic (exact) mass is 218 g/mol. The molecule has 0 saturated carbocycles. The molecule has 1 aromatic carbocycles. The lowest BCUT2D eigenvalue weighted by molar-refractivity contribution is -0.109. The minimum absolute atomic E-state index is 0.339. The molecule has 0 fully saturated rings. The molecule has 0 spiro atoms. The lowest BCUT2D eigenvalue weighted by atomic mass is 10.1. The molecule has 0 amide bonds. The van der Waals surface area contributed by atoms with Crippen LogP contribution in [0.3, 0.4) is 0 Å². The van der Waals surface area contributed by atoms with Gasteiger partial charge in [-0.25, -0.2) is 0 Å². The number of allylic oxidation sites excluding steroid dienone is 1. The van der Waals surface area contributed by atoms with Crippen molar-refractivity contribution < 1.29 is 4.79 Å². The lowest BCUT2D eigenvalue weighted by Gasteiger charge is -2.14. The SMILES string of the molecule is CC(=Cc1ccccc1)C(=O)[Si](C)(C)C. The molecule has 0 saturated heterocycles. The maximum absolute atomic E-state index is 12.0. The molecule has 0 aliphatic heterocycles. The summed E-state index contributed by atoms with van der Waals surface area (Å²) in [6.07, 6.45) is 1.97. The van der Waals surface area contributed by atoms with Crippen LogP contribution >= 0.6 is 0 Å². The molecule has 0 unspecified atom stereocenters. The Morgan fingerprint density at radius 3 is 2.13 bits per heavy atom. The summed E-state index contributed by atoms with van der Waals surface area (Å²) in [6.45, 7) is 8.15. The van der Waals surface area contributed by atoms with Crippen molar-refractivity contribution >= 4 is 19.6 Å². The average Bonchev–Trinajstić information content (AvgIpc) is 2.16. The van der Waals surface area contributed by atoms with E-state index in [1.165, 1.54) is 0 Å². The first-order valence-corrected chi connectivity index (χ1v) is 8.69. The summed E-state index contributed by atoms with van der Waals surface area (Å²) in [7, 11) is -1.68. The molecule has 0 aromatic heterocycles. The fourth-order valence-corrected chi connectivity index (χ4v) is 2.71. The van der Waals surface area contributed by atoms with Crippen LogP contribution in [-0.2, 0) is 4.79 Å². The zero-order valence-corrected chi connectivity index (χ0v) is 10.9. The normalized spacial score (nSPS) is 12.7. The molecule has 2 heteroatoms. The molecule has 0 atom stereocenters. The zero-order valence-electron chi connectivity index (χ0n) is 9.87. The first kappa shape index (κ1) is 11.9. The van der Waals surface area contributed by atoms with Crippen molar-refractivity contribution in [2.75, 3.05) is 0 Å². The average molecular weight is 218 g/mol. The summed E-state index contributed by atoms with van der Waals surface area (Å²) >= 11 is 0.